The Kier molecular flexibility index (Phi) is 4.09. The van der Waals surface area contributed by atoms with Crippen LogP contribution in [0.2, 0.25) is 0 Å². The van der Waals surface area contributed by atoms with Crippen molar-refractivity contribution in [3.05, 3.63) is 17.1 Å². The van der Waals surface area contributed by atoms with Crippen molar-refractivity contribution in [2.24, 2.45) is 5.41 Å². The fraction of sp³-hybridized carbons (Fsp3) is 0.667. The predicted octanol–water partition coefficient (Wildman–Crippen LogP) is 0.958. The molecule has 7 heteroatoms. The van der Waals surface area contributed by atoms with Crippen molar-refractivity contribution in [2.45, 2.75) is 45.4 Å². The molecule has 0 aliphatic carbocycles. The van der Waals surface area contributed by atoms with Crippen LogP contribution in [-0.2, 0) is 11.2 Å². The number of anilines is 1. The minimum atomic E-state index is -0.0881. The molecule has 2 saturated heterocycles. The van der Waals surface area contributed by atoms with Crippen LogP contribution in [0.15, 0.2) is 0 Å². The number of carbonyl (C=O) groups is 2. The number of aryl methyl sites for hydroxylation is 1. The average Bonchev–Trinajstić information content (AvgIpc) is 2.78. The van der Waals surface area contributed by atoms with Gasteiger partial charge >= 0.3 is 0 Å². The van der Waals surface area contributed by atoms with Crippen molar-refractivity contribution >= 4 is 17.6 Å². The molecule has 1 aromatic heterocycles. The Balaban J connectivity index is 1.55. The molecule has 2 fully saturated rings. The molecule has 4 heterocycles. The van der Waals surface area contributed by atoms with E-state index in [1.807, 2.05) is 6.92 Å². The number of nitrogens with zero attached hydrogens (tertiary/aromatic N) is 3. The van der Waals surface area contributed by atoms with Gasteiger partial charge in [-0.15, -0.1) is 0 Å². The summed E-state index contributed by atoms with van der Waals surface area (Å²) < 4.78 is 0. The highest BCUT2D eigenvalue weighted by Crippen LogP contribution is 2.41. The second-order valence-electron chi connectivity index (χ2n) is 7.51. The molecule has 0 bridgehead atoms. The maximum absolute atomic E-state index is 12.1. The summed E-state index contributed by atoms with van der Waals surface area (Å²) in [6, 6.07) is 0. The summed E-state index contributed by atoms with van der Waals surface area (Å²) in [7, 11) is 0. The van der Waals surface area contributed by atoms with Gasteiger partial charge in [-0.3, -0.25) is 9.59 Å². The number of amides is 2. The van der Waals surface area contributed by atoms with Crippen molar-refractivity contribution in [3.8, 4) is 0 Å². The van der Waals surface area contributed by atoms with E-state index in [1.165, 1.54) is 0 Å². The van der Waals surface area contributed by atoms with E-state index < -0.39 is 0 Å². The van der Waals surface area contributed by atoms with Crippen molar-refractivity contribution in [3.63, 3.8) is 0 Å². The highest BCUT2D eigenvalue weighted by atomic mass is 16.2. The molecule has 2 amide bonds. The average molecular weight is 343 g/mol. The molecule has 134 valence electrons. The monoisotopic (exact) mass is 343 g/mol. The normalized spacial score (nSPS) is 22.8. The fourth-order valence-electron chi connectivity index (χ4n) is 4.40. The van der Waals surface area contributed by atoms with Gasteiger partial charge in [0.25, 0.3) is 5.91 Å². The second kappa shape index (κ2) is 6.28. The van der Waals surface area contributed by atoms with Gasteiger partial charge in [-0.1, -0.05) is 0 Å². The van der Waals surface area contributed by atoms with E-state index in [2.05, 4.69) is 25.5 Å². The van der Waals surface area contributed by atoms with Crippen LogP contribution in [0.25, 0.3) is 0 Å². The molecule has 0 unspecified atom stereocenters. The van der Waals surface area contributed by atoms with E-state index in [0.717, 1.165) is 63.1 Å². The van der Waals surface area contributed by atoms with E-state index in [0.29, 0.717) is 24.5 Å². The summed E-state index contributed by atoms with van der Waals surface area (Å²) in [5.74, 6) is 1.69. The van der Waals surface area contributed by atoms with Crippen LogP contribution in [0.5, 0.6) is 0 Å². The molecule has 3 aliphatic heterocycles. The number of rotatable bonds is 1. The number of aromatic nitrogens is 2. The summed E-state index contributed by atoms with van der Waals surface area (Å²) in [6.07, 6.45) is 5.63. The number of fused-ring (bicyclic) bond motifs is 1. The van der Waals surface area contributed by atoms with Crippen molar-refractivity contribution in [1.29, 1.82) is 0 Å². The largest absolute Gasteiger partial charge is 0.356 e. The third-order valence-electron chi connectivity index (χ3n) is 5.96. The van der Waals surface area contributed by atoms with Gasteiger partial charge in [0.2, 0.25) is 5.91 Å². The number of hydrogen-bond donors (Lipinski definition) is 2. The maximum atomic E-state index is 12.1. The Bertz CT molecular complexity index is 710. The topological polar surface area (TPSA) is 87.2 Å². The number of hydrogen-bond acceptors (Lipinski definition) is 5. The Morgan fingerprint density at radius 3 is 2.56 bits per heavy atom. The first-order valence-electron chi connectivity index (χ1n) is 9.24. The van der Waals surface area contributed by atoms with Gasteiger partial charge in [0.15, 0.2) is 0 Å². The minimum Gasteiger partial charge on any atom is -0.356 e. The van der Waals surface area contributed by atoms with Crippen LogP contribution < -0.4 is 15.5 Å². The molecule has 1 spiro atoms. The van der Waals surface area contributed by atoms with Crippen LogP contribution in [-0.4, -0.2) is 48.0 Å². The zero-order chi connectivity index (χ0) is 17.4. The fourth-order valence-corrected chi connectivity index (χ4v) is 4.40. The quantitative estimate of drug-likeness (QED) is 0.793. The summed E-state index contributed by atoms with van der Waals surface area (Å²) in [4.78, 5) is 35.1. The molecule has 4 rings (SSSR count). The molecule has 7 nitrogen and oxygen atoms in total. The van der Waals surface area contributed by atoms with E-state index in [1.54, 1.807) is 0 Å². The first-order valence-corrected chi connectivity index (χ1v) is 9.24. The lowest BCUT2D eigenvalue weighted by Crippen LogP contribution is -2.42. The van der Waals surface area contributed by atoms with Crippen LogP contribution in [0.1, 0.15) is 54.0 Å². The van der Waals surface area contributed by atoms with E-state index in [9.17, 15) is 9.59 Å². The molecule has 0 atom stereocenters. The molecular weight excluding hydrogens is 318 g/mol. The molecular formula is C18H25N5O2. The van der Waals surface area contributed by atoms with Gasteiger partial charge < -0.3 is 15.5 Å². The number of piperidine rings is 1. The number of nitrogens with one attached hydrogen (secondary N) is 2. The minimum absolute atomic E-state index is 0.0881. The van der Waals surface area contributed by atoms with E-state index in [4.69, 9.17) is 0 Å². The zero-order valence-electron chi connectivity index (χ0n) is 14.7. The first kappa shape index (κ1) is 16.3. The lowest BCUT2D eigenvalue weighted by atomic mass is 9.73. The molecule has 1 aromatic rings. The molecule has 3 aliphatic rings. The third kappa shape index (κ3) is 3.07. The smallest absolute Gasteiger partial charge is 0.270 e. The van der Waals surface area contributed by atoms with Crippen LogP contribution in [0, 0.1) is 12.3 Å². The Morgan fingerprint density at radius 1 is 0.960 bits per heavy atom. The van der Waals surface area contributed by atoms with Crippen LogP contribution >= 0.6 is 0 Å². The predicted molar refractivity (Wildman–Crippen MR) is 93.5 cm³/mol. The van der Waals surface area contributed by atoms with Crippen LogP contribution in [0.3, 0.4) is 0 Å². The third-order valence-corrected chi connectivity index (χ3v) is 5.96. The van der Waals surface area contributed by atoms with Crippen molar-refractivity contribution < 1.29 is 9.59 Å². The van der Waals surface area contributed by atoms with E-state index in [-0.39, 0.29) is 17.2 Å². The van der Waals surface area contributed by atoms with Gasteiger partial charge in [-0.25, -0.2) is 9.97 Å². The lowest BCUT2D eigenvalue weighted by molar-refractivity contribution is -0.120. The first-order chi connectivity index (χ1) is 12.1. The molecule has 0 radical (unpaired) electrons. The molecule has 0 saturated carbocycles. The van der Waals surface area contributed by atoms with Gasteiger partial charge in [-0.2, -0.15) is 0 Å². The standard InChI is InChI=1S/C18H25N5O2/c1-12-21-15-13(3-8-20-17(15)25)16(22-12)23-10-6-18(7-11-23)4-2-14(24)19-9-5-18/h2-11H2,1H3,(H,19,24)(H,20,25). The maximum Gasteiger partial charge on any atom is 0.270 e. The van der Waals surface area contributed by atoms with E-state index >= 15 is 0 Å². The zero-order valence-corrected chi connectivity index (χ0v) is 14.7. The van der Waals surface area contributed by atoms with Gasteiger partial charge in [0, 0.05) is 38.2 Å². The van der Waals surface area contributed by atoms with Gasteiger partial charge in [0.1, 0.15) is 17.3 Å². The van der Waals surface area contributed by atoms with Crippen LogP contribution in [0.4, 0.5) is 5.82 Å². The second-order valence-corrected chi connectivity index (χ2v) is 7.51. The summed E-state index contributed by atoms with van der Waals surface area (Å²) in [5, 5.41) is 5.86. The number of carbonyl (C=O) groups excluding carboxylic acids is 2. The highest BCUT2D eigenvalue weighted by molar-refractivity contribution is 5.96. The highest BCUT2D eigenvalue weighted by Gasteiger charge is 2.37. The van der Waals surface area contributed by atoms with Crippen molar-refractivity contribution in [2.75, 3.05) is 31.1 Å². The Morgan fingerprint density at radius 2 is 1.76 bits per heavy atom. The lowest BCUT2D eigenvalue weighted by Gasteiger charge is -2.42. The van der Waals surface area contributed by atoms with Crippen molar-refractivity contribution in [1.82, 2.24) is 20.6 Å². The molecule has 2 N–H and O–H groups in total. The molecule has 25 heavy (non-hydrogen) atoms. The SMILES string of the molecule is Cc1nc2c(c(N3CCC4(CCNC(=O)CC4)CC3)n1)CCNC2=O. The van der Waals surface area contributed by atoms with Gasteiger partial charge in [0.05, 0.1) is 0 Å². The summed E-state index contributed by atoms with van der Waals surface area (Å²) in [6.45, 7) is 5.15. The Hall–Kier alpha value is -2.18. The summed E-state index contributed by atoms with van der Waals surface area (Å²) in [5.41, 5.74) is 1.80. The summed E-state index contributed by atoms with van der Waals surface area (Å²) >= 11 is 0. The Labute approximate surface area is 147 Å². The molecule has 0 aromatic carbocycles. The van der Waals surface area contributed by atoms with Gasteiger partial charge in [-0.05, 0) is 44.4 Å².